The van der Waals surface area contributed by atoms with Gasteiger partial charge >= 0.3 is 5.51 Å². The Morgan fingerprint density at radius 2 is 1.65 bits per heavy atom. The molecule has 90 valence electrons. The molecule has 0 aliphatic heterocycles. The lowest BCUT2D eigenvalue weighted by molar-refractivity contribution is -0.0438. The minimum atomic E-state index is -5.38. The van der Waals surface area contributed by atoms with Crippen LogP contribution in [0.3, 0.4) is 0 Å². The molecule has 17 heavy (non-hydrogen) atoms. The maximum Gasteiger partial charge on any atom is 0.503 e. The Morgan fingerprint density at radius 3 is 2.24 bits per heavy atom. The maximum absolute atomic E-state index is 12.3. The summed E-state index contributed by atoms with van der Waals surface area (Å²) in [7, 11) is -5.38. The molecule has 0 saturated carbocycles. The van der Waals surface area contributed by atoms with E-state index in [1.807, 2.05) is 0 Å². The first kappa shape index (κ1) is 11.8. The van der Waals surface area contributed by atoms with E-state index in [4.69, 9.17) is 0 Å². The molecule has 0 amide bonds. The van der Waals surface area contributed by atoms with Crippen molar-refractivity contribution >= 4 is 20.6 Å². The summed E-state index contributed by atoms with van der Waals surface area (Å²) in [6.07, 6.45) is 1.11. The second kappa shape index (κ2) is 3.69. The van der Waals surface area contributed by atoms with Crippen molar-refractivity contribution in [3.63, 3.8) is 0 Å². The minimum Gasteiger partial charge on any atom is -0.244 e. The van der Waals surface area contributed by atoms with E-state index in [1.54, 1.807) is 18.2 Å². The van der Waals surface area contributed by atoms with Crippen molar-refractivity contribution in [3.8, 4) is 0 Å². The Hall–Kier alpha value is -1.63. The zero-order valence-electron chi connectivity index (χ0n) is 8.27. The summed E-state index contributed by atoms with van der Waals surface area (Å²) >= 11 is 0. The minimum absolute atomic E-state index is 0.394. The molecule has 0 aliphatic rings. The van der Waals surface area contributed by atoms with Crippen molar-refractivity contribution in [2.24, 2.45) is 0 Å². The van der Waals surface area contributed by atoms with Gasteiger partial charge in [-0.3, -0.25) is 0 Å². The molecule has 0 radical (unpaired) electrons. The molecule has 0 aliphatic carbocycles. The molecule has 0 unspecified atom stereocenters. The zero-order valence-corrected chi connectivity index (χ0v) is 9.09. The maximum atomic E-state index is 12.3. The van der Waals surface area contributed by atoms with Gasteiger partial charge in [0.05, 0.1) is 0 Å². The molecule has 2 rings (SSSR count). The standard InChI is InChI=1S/C10H6F3NO2S/c11-10(12,13)17(15,16)9-5-7-3-1-2-4-8(7)6-14-9/h1-6H. The van der Waals surface area contributed by atoms with Gasteiger partial charge in [-0.05, 0) is 11.5 Å². The fraction of sp³-hybridized carbons (Fsp3) is 0.100. The van der Waals surface area contributed by atoms with Crippen molar-refractivity contribution in [1.29, 1.82) is 0 Å². The number of rotatable bonds is 1. The monoisotopic (exact) mass is 261 g/mol. The van der Waals surface area contributed by atoms with E-state index >= 15 is 0 Å². The van der Waals surface area contributed by atoms with Crippen LogP contribution in [0, 0.1) is 0 Å². The Balaban J connectivity index is 2.66. The number of hydrogen-bond acceptors (Lipinski definition) is 3. The lowest BCUT2D eigenvalue weighted by Gasteiger charge is -2.07. The van der Waals surface area contributed by atoms with E-state index in [1.165, 1.54) is 6.07 Å². The SMILES string of the molecule is O=S(=O)(c1cc2ccccc2cn1)C(F)(F)F. The Morgan fingerprint density at radius 1 is 1.06 bits per heavy atom. The van der Waals surface area contributed by atoms with Crippen LogP contribution in [0.4, 0.5) is 13.2 Å². The van der Waals surface area contributed by atoms with Crippen molar-refractivity contribution in [2.45, 2.75) is 10.5 Å². The first-order valence-corrected chi connectivity index (χ1v) is 5.97. The van der Waals surface area contributed by atoms with Crippen molar-refractivity contribution < 1.29 is 21.6 Å². The van der Waals surface area contributed by atoms with E-state index in [2.05, 4.69) is 4.98 Å². The number of halogens is 3. The third-order valence-corrected chi connectivity index (χ3v) is 3.57. The van der Waals surface area contributed by atoms with Crippen LogP contribution < -0.4 is 0 Å². The van der Waals surface area contributed by atoms with E-state index in [0.717, 1.165) is 12.3 Å². The predicted molar refractivity (Wildman–Crippen MR) is 55.0 cm³/mol. The lowest BCUT2D eigenvalue weighted by atomic mass is 10.2. The molecule has 1 aromatic heterocycles. The van der Waals surface area contributed by atoms with E-state index in [9.17, 15) is 21.6 Å². The largest absolute Gasteiger partial charge is 0.503 e. The summed E-state index contributed by atoms with van der Waals surface area (Å²) in [4.78, 5) is 3.34. The number of aromatic nitrogens is 1. The molecule has 1 aromatic carbocycles. The smallest absolute Gasteiger partial charge is 0.244 e. The van der Waals surface area contributed by atoms with Gasteiger partial charge in [0.1, 0.15) is 0 Å². The molecule has 0 bridgehead atoms. The summed E-state index contributed by atoms with van der Waals surface area (Å²) in [5.41, 5.74) is -5.33. The van der Waals surface area contributed by atoms with E-state index in [-0.39, 0.29) is 0 Å². The topological polar surface area (TPSA) is 47.0 Å². The number of hydrogen-bond donors (Lipinski definition) is 0. The molecule has 7 heteroatoms. The average molecular weight is 261 g/mol. The molecule has 2 aromatic rings. The Kier molecular flexibility index (Phi) is 2.57. The van der Waals surface area contributed by atoms with E-state index in [0.29, 0.717) is 10.8 Å². The second-order valence-electron chi connectivity index (χ2n) is 3.32. The molecule has 0 fully saturated rings. The van der Waals surface area contributed by atoms with Crippen molar-refractivity contribution in [3.05, 3.63) is 36.5 Å². The van der Waals surface area contributed by atoms with Crippen molar-refractivity contribution in [2.75, 3.05) is 0 Å². The van der Waals surface area contributed by atoms with Crippen LogP contribution in [-0.2, 0) is 9.84 Å². The first-order valence-electron chi connectivity index (χ1n) is 4.48. The van der Waals surface area contributed by atoms with Crippen LogP contribution in [0.25, 0.3) is 10.8 Å². The number of fused-ring (bicyclic) bond motifs is 1. The average Bonchev–Trinajstić information content (AvgIpc) is 2.27. The van der Waals surface area contributed by atoms with Crippen LogP contribution in [0.15, 0.2) is 41.6 Å². The van der Waals surface area contributed by atoms with Gasteiger partial charge < -0.3 is 0 Å². The van der Waals surface area contributed by atoms with Gasteiger partial charge in [-0.15, -0.1) is 0 Å². The molecule has 1 heterocycles. The van der Waals surface area contributed by atoms with Gasteiger partial charge in [0.2, 0.25) is 0 Å². The molecule has 0 N–H and O–H groups in total. The normalized spacial score (nSPS) is 12.9. The first-order chi connectivity index (χ1) is 7.82. The van der Waals surface area contributed by atoms with Gasteiger partial charge in [-0.2, -0.15) is 13.2 Å². The molecule has 0 spiro atoms. The molecule has 3 nitrogen and oxygen atoms in total. The summed E-state index contributed by atoms with van der Waals surface area (Å²) in [6.45, 7) is 0. The lowest BCUT2D eigenvalue weighted by Crippen LogP contribution is -2.24. The molecular formula is C10H6F3NO2S. The van der Waals surface area contributed by atoms with E-state index < -0.39 is 20.4 Å². The molecule has 0 atom stereocenters. The van der Waals surface area contributed by atoms with Gasteiger partial charge in [0.25, 0.3) is 9.84 Å². The van der Waals surface area contributed by atoms with Crippen LogP contribution in [-0.4, -0.2) is 18.9 Å². The predicted octanol–water partition coefficient (Wildman–Crippen LogP) is 2.53. The molecular weight excluding hydrogens is 255 g/mol. The number of nitrogens with zero attached hydrogens (tertiary/aromatic N) is 1. The van der Waals surface area contributed by atoms with Crippen molar-refractivity contribution in [1.82, 2.24) is 4.98 Å². The summed E-state index contributed by atoms with van der Waals surface area (Å²) in [5, 5.41) is -0.0114. The zero-order chi connectivity index (χ0) is 12.7. The van der Waals surface area contributed by atoms with Crippen LogP contribution in [0.5, 0.6) is 0 Å². The van der Waals surface area contributed by atoms with Gasteiger partial charge in [-0.25, -0.2) is 13.4 Å². The second-order valence-corrected chi connectivity index (χ2v) is 5.21. The van der Waals surface area contributed by atoms with Gasteiger partial charge in [0, 0.05) is 11.6 Å². The number of benzene rings is 1. The third-order valence-electron chi connectivity index (χ3n) is 2.19. The fourth-order valence-corrected chi connectivity index (χ4v) is 2.04. The van der Waals surface area contributed by atoms with Gasteiger partial charge in [-0.1, -0.05) is 24.3 Å². The van der Waals surface area contributed by atoms with Crippen LogP contribution >= 0.6 is 0 Å². The molecule has 0 saturated heterocycles. The Bertz CT molecular complexity index is 665. The van der Waals surface area contributed by atoms with Crippen LogP contribution in [0.1, 0.15) is 0 Å². The van der Waals surface area contributed by atoms with Crippen LogP contribution in [0.2, 0.25) is 0 Å². The third kappa shape index (κ3) is 1.97. The quantitative estimate of drug-likeness (QED) is 0.792. The fourth-order valence-electron chi connectivity index (χ4n) is 1.33. The summed E-state index contributed by atoms with van der Waals surface area (Å²) in [5.74, 6) is 0. The Labute approximate surface area is 94.8 Å². The number of alkyl halides is 3. The van der Waals surface area contributed by atoms with Gasteiger partial charge in [0.15, 0.2) is 5.03 Å². The number of sulfone groups is 1. The summed E-state index contributed by atoms with van der Waals surface area (Å²) < 4.78 is 59.1. The highest BCUT2D eigenvalue weighted by Gasteiger charge is 2.47. The highest BCUT2D eigenvalue weighted by atomic mass is 32.2. The highest BCUT2D eigenvalue weighted by Crippen LogP contribution is 2.30. The highest BCUT2D eigenvalue weighted by molar-refractivity contribution is 7.92. The summed E-state index contributed by atoms with van der Waals surface area (Å²) in [6, 6.07) is 7.35. The number of pyridine rings is 1.